The van der Waals surface area contributed by atoms with Crippen LogP contribution in [0, 0.1) is 5.41 Å². The molecule has 5 nitrogen and oxygen atoms in total. The van der Waals surface area contributed by atoms with E-state index < -0.39 is 17.3 Å². The predicted molar refractivity (Wildman–Crippen MR) is 66.3 cm³/mol. The average molecular weight is 249 g/mol. The quantitative estimate of drug-likeness (QED) is 0.849. The zero-order valence-electron chi connectivity index (χ0n) is 10.5. The van der Waals surface area contributed by atoms with Gasteiger partial charge in [-0.1, -0.05) is 26.8 Å². The zero-order chi connectivity index (χ0) is 13.5. The maximum Gasteiger partial charge on any atom is 0.417 e. The highest BCUT2D eigenvalue weighted by Crippen LogP contribution is 2.26. The molecule has 2 rings (SSSR count). The van der Waals surface area contributed by atoms with Crippen LogP contribution < -0.4 is 5.76 Å². The minimum atomic E-state index is -1.21. The fraction of sp³-hybridized carbons (Fsp3) is 0.385. The molecule has 0 radical (unpaired) electrons. The van der Waals surface area contributed by atoms with E-state index in [0.29, 0.717) is 16.7 Å². The van der Waals surface area contributed by atoms with Gasteiger partial charge in [0, 0.05) is 5.41 Å². The molecule has 0 saturated carbocycles. The summed E-state index contributed by atoms with van der Waals surface area (Å²) in [5, 5.41) is 10.0. The number of aliphatic hydroxyl groups excluding tert-OH is 1. The Balaban J connectivity index is 2.42. The van der Waals surface area contributed by atoms with Crippen LogP contribution in [0.5, 0.6) is 0 Å². The van der Waals surface area contributed by atoms with Crippen LogP contribution in [0.2, 0.25) is 0 Å². The summed E-state index contributed by atoms with van der Waals surface area (Å²) in [6.07, 6.45) is -1.21. The summed E-state index contributed by atoms with van der Waals surface area (Å²) in [5.74, 6) is -0.835. The van der Waals surface area contributed by atoms with E-state index in [1.165, 1.54) is 6.07 Å². The van der Waals surface area contributed by atoms with E-state index in [9.17, 15) is 14.7 Å². The van der Waals surface area contributed by atoms with Crippen molar-refractivity contribution in [3.05, 3.63) is 34.3 Å². The number of benzene rings is 1. The summed E-state index contributed by atoms with van der Waals surface area (Å²) in [5.41, 5.74) is 0.662. The summed E-state index contributed by atoms with van der Waals surface area (Å²) >= 11 is 0. The third-order valence-corrected chi connectivity index (χ3v) is 2.75. The summed E-state index contributed by atoms with van der Waals surface area (Å²) in [6.45, 7) is 5.23. The van der Waals surface area contributed by atoms with Gasteiger partial charge in [-0.2, -0.15) is 0 Å². The van der Waals surface area contributed by atoms with Crippen LogP contribution in [0.1, 0.15) is 32.4 Å². The molecule has 0 aliphatic rings. The van der Waals surface area contributed by atoms with Gasteiger partial charge in [-0.15, -0.1) is 0 Å². The van der Waals surface area contributed by atoms with Crippen LogP contribution in [0.25, 0.3) is 11.1 Å². The van der Waals surface area contributed by atoms with Crippen LogP contribution in [0.4, 0.5) is 0 Å². The van der Waals surface area contributed by atoms with Crippen molar-refractivity contribution < 1.29 is 14.3 Å². The summed E-state index contributed by atoms with van der Waals surface area (Å²) < 4.78 is 4.89. The molecule has 0 fully saturated rings. The first-order chi connectivity index (χ1) is 8.29. The molecule has 2 aromatic rings. The average Bonchev–Trinajstić information content (AvgIpc) is 2.64. The molecule has 0 aliphatic carbocycles. The molecule has 0 aliphatic heterocycles. The second-order valence-corrected chi connectivity index (χ2v) is 5.29. The van der Waals surface area contributed by atoms with Crippen LogP contribution in [-0.4, -0.2) is 15.9 Å². The molecule has 0 spiro atoms. The van der Waals surface area contributed by atoms with Crippen molar-refractivity contribution in [3.63, 3.8) is 0 Å². The van der Waals surface area contributed by atoms with Crippen molar-refractivity contribution in [2.75, 3.05) is 0 Å². The minimum Gasteiger partial charge on any atom is -0.408 e. The Labute approximate surface area is 103 Å². The van der Waals surface area contributed by atoms with Crippen LogP contribution in [0.15, 0.2) is 27.4 Å². The van der Waals surface area contributed by atoms with Gasteiger partial charge in [0.25, 0.3) is 0 Å². The lowest BCUT2D eigenvalue weighted by atomic mass is 9.85. The number of carbonyl (C=O) groups is 1. The maximum atomic E-state index is 12.0. The van der Waals surface area contributed by atoms with Gasteiger partial charge in [-0.25, -0.2) is 4.79 Å². The van der Waals surface area contributed by atoms with Gasteiger partial charge in [-0.3, -0.25) is 9.78 Å². The number of fused-ring (bicyclic) bond motifs is 1. The number of Topliss-reactive ketones (excluding diaryl/α,β-unsaturated/α-hetero) is 1. The molecule has 5 heteroatoms. The monoisotopic (exact) mass is 249 g/mol. The molecule has 1 aromatic heterocycles. The first-order valence-corrected chi connectivity index (χ1v) is 5.64. The molecule has 1 heterocycles. The van der Waals surface area contributed by atoms with Crippen LogP contribution in [-0.2, 0) is 4.79 Å². The third kappa shape index (κ3) is 2.22. The Kier molecular flexibility index (Phi) is 2.86. The fourth-order valence-corrected chi connectivity index (χ4v) is 1.69. The topological polar surface area (TPSA) is 83.3 Å². The molecule has 96 valence electrons. The molecular weight excluding hydrogens is 234 g/mol. The first kappa shape index (κ1) is 12.6. The van der Waals surface area contributed by atoms with Gasteiger partial charge < -0.3 is 9.52 Å². The highest BCUT2D eigenvalue weighted by molar-refractivity contribution is 5.89. The fourth-order valence-electron chi connectivity index (χ4n) is 1.69. The smallest absolute Gasteiger partial charge is 0.408 e. The second-order valence-electron chi connectivity index (χ2n) is 5.29. The van der Waals surface area contributed by atoms with Crippen molar-refractivity contribution in [3.8, 4) is 0 Å². The molecule has 0 saturated heterocycles. The number of ketones is 1. The van der Waals surface area contributed by atoms with E-state index in [1.807, 2.05) is 0 Å². The Morgan fingerprint density at radius 3 is 2.67 bits per heavy atom. The number of H-pyrrole nitrogens is 1. The zero-order valence-corrected chi connectivity index (χ0v) is 10.5. The van der Waals surface area contributed by atoms with Crippen molar-refractivity contribution in [2.45, 2.75) is 26.9 Å². The van der Waals surface area contributed by atoms with Crippen molar-refractivity contribution in [2.24, 2.45) is 5.41 Å². The lowest BCUT2D eigenvalue weighted by Gasteiger charge is -2.20. The lowest BCUT2D eigenvalue weighted by molar-refractivity contribution is -0.135. The molecule has 1 unspecified atom stereocenters. The van der Waals surface area contributed by atoms with Gasteiger partial charge in [0.2, 0.25) is 0 Å². The standard InChI is InChI=1S/C13H15NO4/c1-13(2,3)11(16)10(15)7-4-5-8-9(6-7)18-12(17)14-8/h4-6,10,15H,1-3H3,(H,14,17). The van der Waals surface area contributed by atoms with Crippen molar-refractivity contribution >= 4 is 16.9 Å². The Bertz CT molecular complexity index is 645. The Morgan fingerprint density at radius 1 is 1.39 bits per heavy atom. The van der Waals surface area contributed by atoms with Crippen LogP contribution >= 0.6 is 0 Å². The summed E-state index contributed by atoms with van der Waals surface area (Å²) in [7, 11) is 0. The summed E-state index contributed by atoms with van der Waals surface area (Å²) in [4.78, 5) is 25.5. The SMILES string of the molecule is CC(C)(C)C(=O)C(O)c1ccc2[nH]c(=O)oc2c1. The van der Waals surface area contributed by atoms with E-state index in [1.54, 1.807) is 32.9 Å². The van der Waals surface area contributed by atoms with Crippen LogP contribution in [0.3, 0.4) is 0 Å². The summed E-state index contributed by atoms with van der Waals surface area (Å²) in [6, 6.07) is 4.71. The molecule has 0 amide bonds. The molecular formula is C13H15NO4. The van der Waals surface area contributed by atoms with E-state index in [2.05, 4.69) is 4.98 Å². The predicted octanol–water partition coefficient (Wildman–Crippen LogP) is 1.77. The largest absolute Gasteiger partial charge is 0.417 e. The first-order valence-electron chi connectivity index (χ1n) is 5.64. The highest BCUT2D eigenvalue weighted by atomic mass is 16.4. The molecule has 2 N–H and O–H groups in total. The third-order valence-electron chi connectivity index (χ3n) is 2.75. The number of aromatic amines is 1. The second kappa shape index (κ2) is 4.10. The number of aromatic nitrogens is 1. The number of nitrogens with one attached hydrogen (secondary N) is 1. The lowest BCUT2D eigenvalue weighted by Crippen LogP contribution is -2.26. The number of aliphatic hydroxyl groups is 1. The highest BCUT2D eigenvalue weighted by Gasteiger charge is 2.29. The number of oxazole rings is 1. The number of hydrogen-bond acceptors (Lipinski definition) is 4. The number of rotatable bonds is 2. The van der Waals surface area contributed by atoms with Gasteiger partial charge >= 0.3 is 5.76 Å². The maximum absolute atomic E-state index is 12.0. The van der Waals surface area contributed by atoms with E-state index >= 15 is 0 Å². The molecule has 0 bridgehead atoms. The van der Waals surface area contributed by atoms with Gasteiger partial charge in [0.1, 0.15) is 6.10 Å². The Morgan fingerprint density at radius 2 is 2.06 bits per heavy atom. The van der Waals surface area contributed by atoms with E-state index in [-0.39, 0.29) is 5.78 Å². The van der Waals surface area contributed by atoms with Gasteiger partial charge in [0.05, 0.1) is 5.52 Å². The van der Waals surface area contributed by atoms with Crippen molar-refractivity contribution in [1.82, 2.24) is 4.98 Å². The van der Waals surface area contributed by atoms with Gasteiger partial charge in [-0.05, 0) is 17.7 Å². The molecule has 18 heavy (non-hydrogen) atoms. The number of hydrogen-bond donors (Lipinski definition) is 2. The Hall–Kier alpha value is -1.88. The normalized spacial score (nSPS) is 13.8. The molecule has 1 atom stereocenters. The van der Waals surface area contributed by atoms with E-state index in [4.69, 9.17) is 4.42 Å². The number of carbonyl (C=O) groups excluding carboxylic acids is 1. The van der Waals surface area contributed by atoms with Gasteiger partial charge in [0.15, 0.2) is 11.4 Å². The van der Waals surface area contributed by atoms with E-state index in [0.717, 1.165) is 0 Å². The minimum absolute atomic E-state index is 0.278. The molecule has 1 aromatic carbocycles. The van der Waals surface area contributed by atoms with Crippen molar-refractivity contribution in [1.29, 1.82) is 0 Å².